The van der Waals surface area contributed by atoms with Gasteiger partial charge in [-0.05, 0) is 49.1 Å². The number of alkyl halides is 5. The maximum Gasteiger partial charge on any atom is 0.411 e. The van der Waals surface area contributed by atoms with Crippen LogP contribution < -0.4 is 11.1 Å². The van der Waals surface area contributed by atoms with Gasteiger partial charge in [-0.25, -0.2) is 18.3 Å². The van der Waals surface area contributed by atoms with Gasteiger partial charge in [0.25, 0.3) is 0 Å². The second-order valence-corrected chi connectivity index (χ2v) is 8.97. The molecule has 1 unspecified atom stereocenters. The molecule has 0 aliphatic heterocycles. The molecule has 2 aliphatic rings. The lowest BCUT2D eigenvalue weighted by atomic mass is 9.81. The second-order valence-electron chi connectivity index (χ2n) is 8.97. The van der Waals surface area contributed by atoms with Crippen LogP contribution >= 0.6 is 0 Å². The summed E-state index contributed by atoms with van der Waals surface area (Å²) in [6, 6.07) is 0.841. The molecule has 2 saturated carbocycles. The molecule has 4 rings (SSSR count). The summed E-state index contributed by atoms with van der Waals surface area (Å²) in [5.74, 6) is -3.21. The van der Waals surface area contributed by atoms with E-state index < -0.39 is 43.3 Å². The standard InChI is InChI=1S/C21H26F5N5O2/c22-20(23)5-3-12(4-6-20)18(27)15-9-31-16(29-15)7-14(8-28-31)19(13-1-2-13)30-17(32)10-33-11-21(24,25)26/h7-9,12-13,18-19H,1-6,10-11,27H2,(H,30,32)/t18?,19-/m1/s1. The van der Waals surface area contributed by atoms with Gasteiger partial charge in [-0.1, -0.05) is 0 Å². The van der Waals surface area contributed by atoms with Crippen molar-refractivity contribution in [1.82, 2.24) is 19.9 Å². The Balaban J connectivity index is 1.43. The summed E-state index contributed by atoms with van der Waals surface area (Å²) in [6.07, 6.45) is 0.778. The molecule has 3 N–H and O–H groups in total. The van der Waals surface area contributed by atoms with Crippen molar-refractivity contribution in [3.8, 4) is 0 Å². The van der Waals surface area contributed by atoms with Crippen LogP contribution in [-0.4, -0.2) is 45.8 Å². The van der Waals surface area contributed by atoms with Gasteiger partial charge in [0.2, 0.25) is 11.8 Å². The Labute approximate surface area is 186 Å². The molecule has 2 aromatic heterocycles. The number of imidazole rings is 1. The van der Waals surface area contributed by atoms with Gasteiger partial charge in [-0.3, -0.25) is 4.79 Å². The van der Waals surface area contributed by atoms with E-state index in [0.29, 0.717) is 29.7 Å². The Hall–Kier alpha value is -2.34. The first-order valence-electron chi connectivity index (χ1n) is 10.9. The van der Waals surface area contributed by atoms with Gasteiger partial charge in [0, 0.05) is 12.8 Å². The minimum absolute atomic E-state index is 0.0933. The molecular formula is C21H26F5N5O2. The number of ether oxygens (including phenoxy) is 1. The molecule has 2 fully saturated rings. The van der Waals surface area contributed by atoms with E-state index in [2.05, 4.69) is 20.1 Å². The van der Waals surface area contributed by atoms with Crippen molar-refractivity contribution < 1.29 is 31.5 Å². The van der Waals surface area contributed by atoms with Gasteiger partial charge in [0.15, 0.2) is 5.65 Å². The number of rotatable bonds is 8. The van der Waals surface area contributed by atoms with Gasteiger partial charge in [-0.15, -0.1) is 0 Å². The molecule has 0 aromatic carbocycles. The predicted molar refractivity (Wildman–Crippen MR) is 107 cm³/mol. The first-order chi connectivity index (χ1) is 15.5. The molecule has 0 bridgehead atoms. The number of aromatic nitrogens is 3. The van der Waals surface area contributed by atoms with Crippen molar-refractivity contribution >= 4 is 11.6 Å². The summed E-state index contributed by atoms with van der Waals surface area (Å²) >= 11 is 0. The van der Waals surface area contributed by atoms with Crippen molar-refractivity contribution in [3.63, 3.8) is 0 Å². The molecule has 2 aliphatic carbocycles. The van der Waals surface area contributed by atoms with Crippen LogP contribution in [0.1, 0.15) is 61.9 Å². The Bertz CT molecular complexity index is 981. The highest BCUT2D eigenvalue weighted by Crippen LogP contribution is 2.42. The van der Waals surface area contributed by atoms with E-state index in [1.807, 2.05) is 0 Å². The van der Waals surface area contributed by atoms with E-state index in [1.165, 1.54) is 4.52 Å². The van der Waals surface area contributed by atoms with E-state index in [0.717, 1.165) is 12.8 Å². The quantitative estimate of drug-likeness (QED) is 0.568. The minimum Gasteiger partial charge on any atom is -0.362 e. The highest BCUT2D eigenvalue weighted by Gasteiger charge is 2.38. The van der Waals surface area contributed by atoms with Crippen molar-refractivity contribution in [2.75, 3.05) is 13.2 Å². The molecule has 2 aromatic rings. The maximum atomic E-state index is 13.5. The second kappa shape index (κ2) is 9.13. The molecule has 1 amide bonds. The number of halogens is 5. The summed E-state index contributed by atoms with van der Waals surface area (Å²) in [4.78, 5) is 16.6. The summed E-state index contributed by atoms with van der Waals surface area (Å²) in [6.45, 7) is -2.18. The third-order valence-electron chi connectivity index (χ3n) is 6.24. The van der Waals surface area contributed by atoms with Gasteiger partial charge < -0.3 is 15.8 Å². The number of nitrogens with zero attached hydrogens (tertiary/aromatic N) is 3. The normalized spacial score (nSPS) is 21.2. The van der Waals surface area contributed by atoms with Crippen molar-refractivity contribution in [2.24, 2.45) is 17.6 Å². The average Bonchev–Trinajstić information content (AvgIpc) is 3.48. The molecule has 0 spiro atoms. The minimum atomic E-state index is -4.50. The van der Waals surface area contributed by atoms with Crippen LogP contribution in [0, 0.1) is 11.8 Å². The van der Waals surface area contributed by atoms with Crippen molar-refractivity contribution in [3.05, 3.63) is 29.7 Å². The number of nitrogens with two attached hydrogens (primary N) is 1. The van der Waals surface area contributed by atoms with E-state index in [1.54, 1.807) is 18.5 Å². The van der Waals surface area contributed by atoms with Crippen molar-refractivity contribution in [1.29, 1.82) is 0 Å². The van der Waals surface area contributed by atoms with Crippen LogP contribution in [0.3, 0.4) is 0 Å². The smallest absolute Gasteiger partial charge is 0.362 e. The number of nitrogens with one attached hydrogen (secondary N) is 1. The first-order valence-corrected chi connectivity index (χ1v) is 10.9. The largest absolute Gasteiger partial charge is 0.411 e. The van der Waals surface area contributed by atoms with E-state index in [-0.39, 0.29) is 24.7 Å². The van der Waals surface area contributed by atoms with Crippen LogP contribution in [0.5, 0.6) is 0 Å². The number of amides is 1. The average molecular weight is 475 g/mol. The number of carbonyl (C=O) groups is 1. The molecule has 0 radical (unpaired) electrons. The van der Waals surface area contributed by atoms with Gasteiger partial charge >= 0.3 is 6.18 Å². The molecule has 0 saturated heterocycles. The lowest BCUT2D eigenvalue weighted by Gasteiger charge is -2.31. The van der Waals surface area contributed by atoms with Crippen LogP contribution in [0.15, 0.2) is 18.5 Å². The lowest BCUT2D eigenvalue weighted by Crippen LogP contribution is -2.34. The number of fused-ring (bicyclic) bond motifs is 1. The zero-order chi connectivity index (χ0) is 23.8. The number of carbonyl (C=O) groups excluding carboxylic acids is 1. The fourth-order valence-corrected chi connectivity index (χ4v) is 4.28. The van der Waals surface area contributed by atoms with Crippen LogP contribution in [0.25, 0.3) is 5.65 Å². The summed E-state index contributed by atoms with van der Waals surface area (Å²) in [5.41, 5.74) is 8.05. The zero-order valence-electron chi connectivity index (χ0n) is 17.8. The Morgan fingerprint density at radius 3 is 2.58 bits per heavy atom. The van der Waals surface area contributed by atoms with Crippen LogP contribution in [0.2, 0.25) is 0 Å². The molecule has 12 heteroatoms. The van der Waals surface area contributed by atoms with E-state index in [4.69, 9.17) is 5.73 Å². The van der Waals surface area contributed by atoms with Crippen LogP contribution in [-0.2, 0) is 9.53 Å². The van der Waals surface area contributed by atoms with Crippen molar-refractivity contribution in [2.45, 2.75) is 62.7 Å². The monoisotopic (exact) mass is 475 g/mol. The highest BCUT2D eigenvalue weighted by molar-refractivity contribution is 5.77. The fourth-order valence-electron chi connectivity index (χ4n) is 4.28. The Morgan fingerprint density at radius 1 is 1.24 bits per heavy atom. The van der Waals surface area contributed by atoms with Crippen LogP contribution in [0.4, 0.5) is 22.0 Å². The molecular weight excluding hydrogens is 449 g/mol. The summed E-state index contributed by atoms with van der Waals surface area (Å²) in [5, 5.41) is 7.06. The Kier molecular flexibility index (Phi) is 6.59. The van der Waals surface area contributed by atoms with Gasteiger partial charge in [0.1, 0.15) is 13.2 Å². The zero-order valence-corrected chi connectivity index (χ0v) is 17.8. The molecule has 33 heavy (non-hydrogen) atoms. The Morgan fingerprint density at radius 2 is 1.94 bits per heavy atom. The maximum absolute atomic E-state index is 13.5. The summed E-state index contributed by atoms with van der Waals surface area (Å²) in [7, 11) is 0. The third-order valence-corrected chi connectivity index (χ3v) is 6.24. The van der Waals surface area contributed by atoms with Gasteiger partial charge in [-0.2, -0.15) is 18.3 Å². The lowest BCUT2D eigenvalue weighted by molar-refractivity contribution is -0.175. The van der Waals surface area contributed by atoms with Gasteiger partial charge in [0.05, 0.1) is 30.2 Å². The summed E-state index contributed by atoms with van der Waals surface area (Å²) < 4.78 is 69.5. The number of hydrogen-bond donors (Lipinski definition) is 2. The highest BCUT2D eigenvalue weighted by atomic mass is 19.4. The predicted octanol–water partition coefficient (Wildman–Crippen LogP) is 3.70. The number of hydrogen-bond acceptors (Lipinski definition) is 5. The molecule has 7 nitrogen and oxygen atoms in total. The van der Waals surface area contributed by atoms with E-state index in [9.17, 15) is 26.7 Å². The van der Waals surface area contributed by atoms with E-state index >= 15 is 0 Å². The fraction of sp³-hybridized carbons (Fsp3) is 0.667. The SMILES string of the molecule is NC(c1cn2ncc([C@H](NC(=O)COCC(F)(F)F)C3CC3)cc2n1)C1CCC(F)(F)CC1. The molecule has 2 heterocycles. The first kappa shape index (κ1) is 23.8. The molecule has 2 atom stereocenters. The topological polar surface area (TPSA) is 94.5 Å². The molecule has 182 valence electrons. The third kappa shape index (κ3) is 6.17.